The Morgan fingerprint density at radius 1 is 1.03 bits per heavy atom. The number of carboxylic acid groups (broad SMARTS) is 1. The van der Waals surface area contributed by atoms with Gasteiger partial charge in [-0.1, -0.05) is 75.1 Å². The molecule has 36 heavy (non-hydrogen) atoms. The van der Waals surface area contributed by atoms with Crippen LogP contribution in [-0.2, 0) is 13.0 Å². The van der Waals surface area contributed by atoms with Gasteiger partial charge in [-0.2, -0.15) is 4.39 Å². The molecule has 1 heterocycles. The number of aromatic carboxylic acids is 1. The number of halogens is 1. The Labute approximate surface area is 210 Å². The number of carbonyl (C=O) groups excluding carboxylic acids is 1. The fourth-order valence-corrected chi connectivity index (χ4v) is 5.15. The summed E-state index contributed by atoms with van der Waals surface area (Å²) >= 11 is 0. The lowest BCUT2D eigenvalue weighted by Gasteiger charge is -2.20. The van der Waals surface area contributed by atoms with Gasteiger partial charge in [0.1, 0.15) is 0 Å². The normalized spacial score (nSPS) is 14.2. The molecule has 1 aromatic heterocycles. The van der Waals surface area contributed by atoms with Crippen LogP contribution in [0.4, 0.5) is 4.39 Å². The monoisotopic (exact) mass is 492 g/mol. The third-order valence-electron chi connectivity index (χ3n) is 7.15. The zero-order chi connectivity index (χ0) is 25.7. The molecular formula is C29H33FN2O4. The number of hydrogen-bond donors (Lipinski definition) is 1. The summed E-state index contributed by atoms with van der Waals surface area (Å²) in [6, 6.07) is 14.0. The molecule has 0 unspecified atom stereocenters. The number of imidazole rings is 1. The van der Waals surface area contributed by atoms with E-state index < -0.39 is 23.5 Å². The van der Waals surface area contributed by atoms with E-state index in [0.29, 0.717) is 18.4 Å². The van der Waals surface area contributed by atoms with Crippen molar-refractivity contribution >= 4 is 11.9 Å². The maximum absolute atomic E-state index is 15.5. The van der Waals surface area contributed by atoms with E-state index in [1.807, 2.05) is 19.1 Å². The van der Waals surface area contributed by atoms with Gasteiger partial charge in [0.15, 0.2) is 0 Å². The summed E-state index contributed by atoms with van der Waals surface area (Å²) in [5, 5.41) is 9.48. The highest BCUT2D eigenvalue weighted by atomic mass is 19.1. The molecule has 1 N–H and O–H groups in total. The van der Waals surface area contributed by atoms with E-state index in [-0.39, 0.29) is 30.1 Å². The first kappa shape index (κ1) is 25.6. The van der Waals surface area contributed by atoms with Crippen molar-refractivity contribution in [2.45, 2.75) is 71.3 Å². The van der Waals surface area contributed by atoms with Crippen LogP contribution < -0.4 is 5.69 Å². The Bertz CT molecular complexity index is 1280. The summed E-state index contributed by atoms with van der Waals surface area (Å²) in [6.45, 7) is 2.14. The van der Waals surface area contributed by atoms with Gasteiger partial charge >= 0.3 is 11.7 Å². The summed E-state index contributed by atoms with van der Waals surface area (Å²) in [6.07, 6.45) is 7.34. The van der Waals surface area contributed by atoms with E-state index in [9.17, 15) is 19.5 Å². The van der Waals surface area contributed by atoms with Gasteiger partial charge in [-0.15, -0.1) is 0 Å². The van der Waals surface area contributed by atoms with E-state index in [4.69, 9.17) is 0 Å². The fraction of sp³-hybridized carbons (Fsp3) is 0.414. The van der Waals surface area contributed by atoms with Crippen molar-refractivity contribution in [1.82, 2.24) is 9.13 Å². The van der Waals surface area contributed by atoms with Gasteiger partial charge in [-0.05, 0) is 54.4 Å². The standard InChI is InChI=1S/C29H33FN2O4/c1-2-3-13-25-27(30)32(26(33)18-20-9-5-4-6-10-20)29(36)31(25)19-21-14-16-22(17-15-21)23-11-7-8-12-24(23)28(34)35/h7-8,11-12,14-17,20H,2-6,9-10,13,18-19H2,1H3,(H,34,35). The second-order valence-corrected chi connectivity index (χ2v) is 9.69. The van der Waals surface area contributed by atoms with Crippen LogP contribution in [-0.4, -0.2) is 26.1 Å². The van der Waals surface area contributed by atoms with Crippen LogP contribution in [0.25, 0.3) is 11.1 Å². The highest BCUT2D eigenvalue weighted by Gasteiger charge is 2.26. The molecule has 1 aliphatic rings. The van der Waals surface area contributed by atoms with Crippen molar-refractivity contribution < 1.29 is 19.1 Å². The second kappa shape index (κ2) is 11.5. The zero-order valence-corrected chi connectivity index (χ0v) is 20.7. The van der Waals surface area contributed by atoms with Crippen LogP contribution >= 0.6 is 0 Å². The fourth-order valence-electron chi connectivity index (χ4n) is 5.15. The topological polar surface area (TPSA) is 81.3 Å². The van der Waals surface area contributed by atoms with Gasteiger partial charge in [0.2, 0.25) is 11.9 Å². The molecule has 0 bridgehead atoms. The molecule has 190 valence electrons. The molecule has 0 radical (unpaired) electrons. The number of hydrogen-bond acceptors (Lipinski definition) is 3. The van der Waals surface area contributed by atoms with E-state index in [1.165, 1.54) is 4.57 Å². The summed E-state index contributed by atoms with van der Waals surface area (Å²) in [5.41, 5.74) is 1.95. The summed E-state index contributed by atoms with van der Waals surface area (Å²) in [7, 11) is 0. The lowest BCUT2D eigenvalue weighted by Crippen LogP contribution is -2.31. The van der Waals surface area contributed by atoms with Gasteiger partial charge in [0, 0.05) is 6.42 Å². The average molecular weight is 493 g/mol. The molecule has 7 heteroatoms. The molecule has 1 fully saturated rings. The van der Waals surface area contributed by atoms with Crippen molar-refractivity contribution in [2.75, 3.05) is 0 Å². The predicted octanol–water partition coefficient (Wildman–Crippen LogP) is 6.16. The number of aromatic nitrogens is 2. The van der Waals surface area contributed by atoms with Crippen LogP contribution in [0.5, 0.6) is 0 Å². The second-order valence-electron chi connectivity index (χ2n) is 9.69. The lowest BCUT2D eigenvalue weighted by molar-refractivity contribution is 0.0697. The van der Waals surface area contributed by atoms with Crippen LogP contribution in [0, 0.1) is 11.9 Å². The molecule has 1 aliphatic carbocycles. The molecule has 0 atom stereocenters. The molecule has 1 saturated carbocycles. The van der Waals surface area contributed by atoms with Crippen LogP contribution in [0.1, 0.15) is 84.7 Å². The smallest absolute Gasteiger partial charge is 0.337 e. The lowest BCUT2D eigenvalue weighted by atomic mass is 9.87. The zero-order valence-electron chi connectivity index (χ0n) is 20.7. The molecule has 0 aliphatic heterocycles. The first-order chi connectivity index (χ1) is 17.4. The van der Waals surface area contributed by atoms with Gasteiger partial charge in [-0.25, -0.2) is 14.2 Å². The molecular weight excluding hydrogens is 459 g/mol. The van der Waals surface area contributed by atoms with Gasteiger partial charge in [-0.3, -0.25) is 9.36 Å². The number of nitrogens with zero attached hydrogens (tertiary/aromatic N) is 2. The Morgan fingerprint density at radius 2 is 1.72 bits per heavy atom. The van der Waals surface area contributed by atoms with E-state index in [2.05, 4.69) is 0 Å². The number of rotatable bonds is 9. The molecule has 4 rings (SSSR count). The Morgan fingerprint density at radius 3 is 2.39 bits per heavy atom. The number of carbonyl (C=O) groups is 2. The molecule has 2 aromatic carbocycles. The predicted molar refractivity (Wildman–Crippen MR) is 137 cm³/mol. The average Bonchev–Trinajstić information content (AvgIpc) is 3.12. The first-order valence-corrected chi connectivity index (χ1v) is 12.9. The van der Waals surface area contributed by atoms with Gasteiger partial charge in [0.25, 0.3) is 0 Å². The minimum absolute atomic E-state index is 0.138. The summed E-state index contributed by atoms with van der Waals surface area (Å²) < 4.78 is 17.6. The minimum Gasteiger partial charge on any atom is -0.478 e. The Hall–Kier alpha value is -3.48. The van der Waals surface area contributed by atoms with Crippen LogP contribution in [0.3, 0.4) is 0 Å². The molecule has 0 amide bonds. The Balaban J connectivity index is 1.62. The van der Waals surface area contributed by atoms with Crippen molar-refractivity contribution in [3.05, 3.63) is 81.8 Å². The van der Waals surface area contributed by atoms with Crippen LogP contribution in [0.2, 0.25) is 0 Å². The summed E-state index contributed by atoms with van der Waals surface area (Å²) in [4.78, 5) is 37.8. The summed E-state index contributed by atoms with van der Waals surface area (Å²) in [5.74, 6) is -1.99. The number of unbranched alkanes of at least 4 members (excludes halogenated alkanes) is 1. The van der Waals surface area contributed by atoms with Gasteiger partial charge in [0.05, 0.1) is 17.8 Å². The van der Waals surface area contributed by atoms with E-state index >= 15 is 4.39 Å². The maximum Gasteiger partial charge on any atom is 0.337 e. The first-order valence-electron chi connectivity index (χ1n) is 12.9. The van der Waals surface area contributed by atoms with Crippen LogP contribution in [0.15, 0.2) is 53.3 Å². The molecule has 0 saturated heterocycles. The van der Waals surface area contributed by atoms with Crippen molar-refractivity contribution in [3.63, 3.8) is 0 Å². The van der Waals surface area contributed by atoms with Crippen molar-refractivity contribution in [2.24, 2.45) is 5.92 Å². The maximum atomic E-state index is 15.5. The third kappa shape index (κ3) is 5.50. The van der Waals surface area contributed by atoms with E-state index in [1.54, 1.807) is 36.4 Å². The molecule has 0 spiro atoms. The van der Waals surface area contributed by atoms with Crippen molar-refractivity contribution in [3.8, 4) is 11.1 Å². The number of benzene rings is 2. The van der Waals surface area contributed by atoms with E-state index in [0.717, 1.165) is 54.2 Å². The van der Waals surface area contributed by atoms with Gasteiger partial charge < -0.3 is 5.11 Å². The minimum atomic E-state index is -1.00. The quantitative estimate of drug-likeness (QED) is 0.388. The largest absolute Gasteiger partial charge is 0.478 e. The highest BCUT2D eigenvalue weighted by Crippen LogP contribution is 2.27. The SMILES string of the molecule is CCCCc1c(F)n(C(=O)CC2CCCCC2)c(=O)n1Cc1ccc(-c2ccccc2C(=O)O)cc1. The molecule has 6 nitrogen and oxygen atoms in total. The third-order valence-corrected chi connectivity index (χ3v) is 7.15. The Kier molecular flexibility index (Phi) is 8.18. The number of carboxylic acids is 1. The molecule has 3 aromatic rings. The highest BCUT2D eigenvalue weighted by molar-refractivity contribution is 5.96. The van der Waals surface area contributed by atoms with Crippen molar-refractivity contribution in [1.29, 1.82) is 0 Å².